The Morgan fingerprint density at radius 2 is 2.04 bits per heavy atom. The summed E-state index contributed by atoms with van der Waals surface area (Å²) in [6, 6.07) is 0. The van der Waals surface area contributed by atoms with Gasteiger partial charge in [0, 0.05) is 17.4 Å². The summed E-state index contributed by atoms with van der Waals surface area (Å²) in [4.78, 5) is 24.8. The molecule has 0 aromatic rings. The van der Waals surface area contributed by atoms with Gasteiger partial charge >= 0.3 is 5.97 Å². The average molecular weight is 348 g/mol. The van der Waals surface area contributed by atoms with Gasteiger partial charge in [-0.15, -0.1) is 0 Å². The SMILES string of the molecule is C=C1C(=O)O[C@H]2C(=O)C(C)CCC[C@](C)(O)/C=C/C[C@@]3(C)O[C@@H]3C[C@@H]12. The maximum Gasteiger partial charge on any atom is 0.334 e. The molecule has 1 N–H and O–H groups in total. The van der Waals surface area contributed by atoms with E-state index in [1.807, 2.05) is 26.0 Å². The lowest BCUT2D eigenvalue weighted by molar-refractivity contribution is -0.148. The number of esters is 1. The number of epoxide rings is 1. The predicted molar refractivity (Wildman–Crippen MR) is 92.8 cm³/mol. The van der Waals surface area contributed by atoms with Gasteiger partial charge in [0.05, 0.1) is 17.3 Å². The van der Waals surface area contributed by atoms with Gasteiger partial charge in [0.25, 0.3) is 0 Å². The minimum atomic E-state index is -0.885. The van der Waals surface area contributed by atoms with Crippen molar-refractivity contribution in [2.75, 3.05) is 0 Å². The number of carbonyl (C=O) groups is 2. The van der Waals surface area contributed by atoms with Crippen molar-refractivity contribution in [1.82, 2.24) is 0 Å². The van der Waals surface area contributed by atoms with Crippen LogP contribution in [0.3, 0.4) is 0 Å². The molecule has 3 rings (SSSR count). The molecule has 1 unspecified atom stereocenters. The van der Waals surface area contributed by atoms with Crippen LogP contribution < -0.4 is 0 Å². The van der Waals surface area contributed by atoms with Crippen LogP contribution in [0, 0.1) is 11.8 Å². The van der Waals surface area contributed by atoms with E-state index in [1.54, 1.807) is 6.92 Å². The van der Waals surface area contributed by atoms with Crippen LogP contribution in [0.4, 0.5) is 0 Å². The second kappa shape index (κ2) is 6.36. The van der Waals surface area contributed by atoms with Gasteiger partial charge in [-0.2, -0.15) is 0 Å². The van der Waals surface area contributed by atoms with Crippen LogP contribution in [0.15, 0.2) is 24.3 Å². The Hall–Kier alpha value is -1.46. The minimum Gasteiger partial charge on any atom is -0.450 e. The zero-order valence-electron chi connectivity index (χ0n) is 15.3. The third-order valence-electron chi connectivity index (χ3n) is 5.90. The summed E-state index contributed by atoms with van der Waals surface area (Å²) in [5, 5.41) is 10.4. The topological polar surface area (TPSA) is 76.1 Å². The van der Waals surface area contributed by atoms with E-state index >= 15 is 0 Å². The number of aliphatic hydroxyl groups is 1. The summed E-state index contributed by atoms with van der Waals surface area (Å²) < 4.78 is 11.2. The Morgan fingerprint density at radius 1 is 1.32 bits per heavy atom. The molecule has 2 fully saturated rings. The van der Waals surface area contributed by atoms with E-state index < -0.39 is 17.7 Å². The summed E-state index contributed by atoms with van der Waals surface area (Å²) in [6.07, 6.45) is 6.26. The van der Waals surface area contributed by atoms with Gasteiger partial charge in [-0.05, 0) is 46.0 Å². The molecule has 0 aromatic heterocycles. The first kappa shape index (κ1) is 18.3. The highest BCUT2D eigenvalue weighted by molar-refractivity contribution is 5.98. The van der Waals surface area contributed by atoms with Gasteiger partial charge in [-0.25, -0.2) is 4.79 Å². The molecule has 6 atom stereocenters. The molecule has 2 heterocycles. The van der Waals surface area contributed by atoms with Crippen molar-refractivity contribution in [3.63, 3.8) is 0 Å². The van der Waals surface area contributed by atoms with Crippen molar-refractivity contribution in [3.8, 4) is 0 Å². The molecule has 138 valence electrons. The Bertz CT molecular complexity index is 620. The Morgan fingerprint density at radius 3 is 2.76 bits per heavy atom. The number of fused-ring (bicyclic) bond motifs is 2. The lowest BCUT2D eigenvalue weighted by Gasteiger charge is -2.23. The number of ketones is 1. The number of ether oxygens (including phenoxy) is 2. The lowest BCUT2D eigenvalue weighted by atomic mass is 9.82. The van der Waals surface area contributed by atoms with E-state index in [2.05, 4.69) is 6.58 Å². The molecule has 25 heavy (non-hydrogen) atoms. The fourth-order valence-corrected chi connectivity index (χ4v) is 3.95. The van der Waals surface area contributed by atoms with Crippen LogP contribution >= 0.6 is 0 Å². The van der Waals surface area contributed by atoms with Crippen molar-refractivity contribution in [1.29, 1.82) is 0 Å². The normalized spacial score (nSPS) is 46.6. The largest absolute Gasteiger partial charge is 0.450 e. The average Bonchev–Trinajstić information content (AvgIpc) is 3.07. The standard InChI is InChI=1S/C20H28O5/c1-12-7-5-8-19(3,23)9-6-10-20(4)15(25-20)11-14-13(2)18(22)24-17(14)16(12)21/h6,9,12,14-15,17,23H,2,5,7-8,10-11H2,1,3-4H3/b9-6+/t12?,14-,15+,17+,19-,20+/m0/s1. The van der Waals surface area contributed by atoms with Crippen LogP contribution in [0.1, 0.15) is 52.9 Å². The second-order valence-corrected chi connectivity index (χ2v) is 8.27. The summed E-state index contributed by atoms with van der Waals surface area (Å²) in [5.74, 6) is -1.04. The molecule has 2 saturated heterocycles. The molecule has 2 aliphatic heterocycles. The fraction of sp³-hybridized carbons (Fsp3) is 0.700. The fourth-order valence-electron chi connectivity index (χ4n) is 3.95. The van der Waals surface area contributed by atoms with E-state index in [9.17, 15) is 14.7 Å². The third kappa shape index (κ3) is 3.72. The predicted octanol–water partition coefficient (Wildman–Crippen LogP) is 2.72. The van der Waals surface area contributed by atoms with Crippen LogP contribution in [0.25, 0.3) is 0 Å². The van der Waals surface area contributed by atoms with Crippen molar-refractivity contribution in [3.05, 3.63) is 24.3 Å². The molecule has 0 bridgehead atoms. The molecule has 0 radical (unpaired) electrons. The summed E-state index contributed by atoms with van der Waals surface area (Å²) in [6.45, 7) is 9.51. The second-order valence-electron chi connectivity index (χ2n) is 8.27. The number of hydrogen-bond acceptors (Lipinski definition) is 5. The first-order valence-corrected chi connectivity index (χ1v) is 9.14. The molecule has 3 aliphatic rings. The molecule has 0 amide bonds. The zero-order valence-corrected chi connectivity index (χ0v) is 15.3. The lowest BCUT2D eigenvalue weighted by Crippen LogP contribution is -2.33. The molecule has 0 spiro atoms. The first-order chi connectivity index (χ1) is 11.6. The Kier molecular flexibility index (Phi) is 4.67. The number of rotatable bonds is 0. The highest BCUT2D eigenvalue weighted by Crippen LogP contribution is 2.47. The van der Waals surface area contributed by atoms with E-state index in [4.69, 9.17) is 9.47 Å². The van der Waals surface area contributed by atoms with E-state index in [0.717, 1.165) is 6.42 Å². The number of Topliss-reactive ketones (excluding diaryl/α,β-unsaturated/α-hetero) is 1. The molecule has 5 heteroatoms. The number of carbonyl (C=O) groups excluding carboxylic acids is 2. The number of hydrogen-bond donors (Lipinski definition) is 1. The molecular weight excluding hydrogens is 320 g/mol. The van der Waals surface area contributed by atoms with Crippen LogP contribution in [0.2, 0.25) is 0 Å². The van der Waals surface area contributed by atoms with Crippen molar-refractivity contribution in [2.45, 2.75) is 76.3 Å². The Labute approximate surface area is 149 Å². The van der Waals surface area contributed by atoms with E-state index in [-0.39, 0.29) is 29.3 Å². The van der Waals surface area contributed by atoms with E-state index in [1.165, 1.54) is 0 Å². The highest BCUT2D eigenvalue weighted by Gasteiger charge is 2.55. The maximum absolute atomic E-state index is 12.8. The van der Waals surface area contributed by atoms with Gasteiger partial charge in [0.15, 0.2) is 11.9 Å². The molecule has 1 aliphatic carbocycles. The van der Waals surface area contributed by atoms with Gasteiger partial charge in [0.1, 0.15) is 0 Å². The minimum absolute atomic E-state index is 0.0353. The molecule has 5 nitrogen and oxygen atoms in total. The van der Waals surface area contributed by atoms with Crippen LogP contribution in [0.5, 0.6) is 0 Å². The third-order valence-corrected chi connectivity index (χ3v) is 5.90. The van der Waals surface area contributed by atoms with Crippen LogP contribution in [-0.4, -0.2) is 40.3 Å². The quantitative estimate of drug-likeness (QED) is 0.315. The highest BCUT2D eigenvalue weighted by atomic mass is 16.6. The smallest absolute Gasteiger partial charge is 0.334 e. The van der Waals surface area contributed by atoms with Crippen molar-refractivity contribution < 1.29 is 24.2 Å². The van der Waals surface area contributed by atoms with Crippen molar-refractivity contribution >= 4 is 11.8 Å². The molecule has 0 saturated carbocycles. The van der Waals surface area contributed by atoms with E-state index in [0.29, 0.717) is 31.3 Å². The van der Waals surface area contributed by atoms with Crippen LogP contribution in [-0.2, 0) is 19.1 Å². The first-order valence-electron chi connectivity index (χ1n) is 9.14. The molecular formula is C20H28O5. The van der Waals surface area contributed by atoms with Gasteiger partial charge in [0.2, 0.25) is 0 Å². The maximum atomic E-state index is 12.8. The molecule has 0 aromatic carbocycles. The summed E-state index contributed by atoms with van der Waals surface area (Å²) in [7, 11) is 0. The monoisotopic (exact) mass is 348 g/mol. The summed E-state index contributed by atoms with van der Waals surface area (Å²) >= 11 is 0. The summed E-state index contributed by atoms with van der Waals surface area (Å²) in [5.41, 5.74) is -0.819. The van der Waals surface area contributed by atoms with Crippen molar-refractivity contribution in [2.24, 2.45) is 11.8 Å². The van der Waals surface area contributed by atoms with Gasteiger partial charge < -0.3 is 14.6 Å². The Balaban J connectivity index is 1.83. The zero-order chi connectivity index (χ0) is 18.4. The van der Waals surface area contributed by atoms with Gasteiger partial charge in [-0.1, -0.05) is 25.7 Å². The van der Waals surface area contributed by atoms with Gasteiger partial charge in [-0.3, -0.25) is 4.79 Å².